The highest BCUT2D eigenvalue weighted by Gasteiger charge is 2.13. The lowest BCUT2D eigenvalue weighted by Crippen LogP contribution is -2.42. The third-order valence-corrected chi connectivity index (χ3v) is 3.48. The fraction of sp³-hybridized carbons (Fsp3) is 0.118. The van der Waals surface area contributed by atoms with Gasteiger partial charge >= 0.3 is 0 Å². The summed E-state index contributed by atoms with van der Waals surface area (Å²) in [5.41, 5.74) is 7.13. The minimum atomic E-state index is -0.589. The van der Waals surface area contributed by atoms with E-state index in [1.165, 1.54) is 12.1 Å². The molecule has 0 aliphatic rings. The first-order valence-electron chi connectivity index (χ1n) is 7.35. The number of rotatable bonds is 3. The molecule has 122 valence electrons. The number of nitrogens with zero attached hydrogens (tertiary/aromatic N) is 1. The van der Waals surface area contributed by atoms with Crippen molar-refractivity contribution >= 4 is 22.8 Å². The summed E-state index contributed by atoms with van der Waals surface area (Å²) in [5.74, 6) is -0.658. The molecule has 0 aliphatic heterocycles. The molecule has 3 rings (SSSR count). The normalized spacial score (nSPS) is 10.5. The zero-order chi connectivity index (χ0) is 17.1. The van der Waals surface area contributed by atoms with Crippen molar-refractivity contribution in [2.75, 3.05) is 0 Å². The molecule has 0 spiro atoms. The number of aromatic amines is 1. The second kappa shape index (κ2) is 6.41. The Morgan fingerprint density at radius 3 is 2.75 bits per heavy atom. The van der Waals surface area contributed by atoms with Crippen molar-refractivity contribution in [2.45, 2.75) is 13.3 Å². The molecule has 0 atom stereocenters. The summed E-state index contributed by atoms with van der Waals surface area (Å²) in [7, 11) is 0. The van der Waals surface area contributed by atoms with Gasteiger partial charge in [-0.3, -0.25) is 20.4 Å². The molecular weight excluding hydrogens is 308 g/mol. The van der Waals surface area contributed by atoms with Crippen LogP contribution >= 0.6 is 0 Å². The van der Waals surface area contributed by atoms with Crippen LogP contribution in [0.1, 0.15) is 21.7 Å². The number of carbonyl (C=O) groups is 2. The van der Waals surface area contributed by atoms with Crippen LogP contribution in [0, 0.1) is 6.92 Å². The van der Waals surface area contributed by atoms with Gasteiger partial charge in [0.05, 0.1) is 23.0 Å². The van der Waals surface area contributed by atoms with Crippen LogP contribution < -0.4 is 10.9 Å². The summed E-state index contributed by atoms with van der Waals surface area (Å²) in [4.78, 5) is 31.3. The van der Waals surface area contributed by atoms with E-state index in [0.29, 0.717) is 5.82 Å². The fourth-order valence-corrected chi connectivity index (χ4v) is 2.31. The van der Waals surface area contributed by atoms with Gasteiger partial charge in [-0.15, -0.1) is 0 Å². The Kier molecular flexibility index (Phi) is 4.15. The van der Waals surface area contributed by atoms with E-state index in [2.05, 4.69) is 20.8 Å². The minimum Gasteiger partial charge on any atom is -0.507 e. The molecule has 2 amide bonds. The number of phenolic OH excluding ortho intramolecular Hbond substituents is 1. The molecule has 7 nitrogen and oxygen atoms in total. The number of aryl methyl sites for hydroxylation is 1. The van der Waals surface area contributed by atoms with Gasteiger partial charge in [-0.25, -0.2) is 4.98 Å². The molecule has 1 aromatic heterocycles. The van der Waals surface area contributed by atoms with E-state index in [-0.39, 0.29) is 17.7 Å². The molecule has 0 saturated heterocycles. The largest absolute Gasteiger partial charge is 0.507 e. The van der Waals surface area contributed by atoms with Crippen molar-refractivity contribution in [1.29, 1.82) is 0 Å². The van der Waals surface area contributed by atoms with E-state index in [9.17, 15) is 14.7 Å². The molecule has 0 bridgehead atoms. The molecule has 2 aromatic carbocycles. The lowest BCUT2D eigenvalue weighted by molar-refractivity contribution is -0.121. The number of aromatic hydroxyl groups is 1. The van der Waals surface area contributed by atoms with Crippen molar-refractivity contribution in [3.8, 4) is 5.75 Å². The van der Waals surface area contributed by atoms with E-state index < -0.39 is 11.8 Å². The van der Waals surface area contributed by atoms with Gasteiger partial charge < -0.3 is 10.1 Å². The number of amides is 2. The zero-order valence-electron chi connectivity index (χ0n) is 13.0. The summed E-state index contributed by atoms with van der Waals surface area (Å²) in [6.45, 7) is 1.80. The average molecular weight is 324 g/mol. The van der Waals surface area contributed by atoms with Crippen molar-refractivity contribution in [3.05, 3.63) is 59.4 Å². The van der Waals surface area contributed by atoms with E-state index in [4.69, 9.17) is 0 Å². The predicted octanol–water partition coefficient (Wildman–Crippen LogP) is 1.58. The fourth-order valence-electron chi connectivity index (χ4n) is 2.31. The number of carbonyl (C=O) groups excluding carboxylic acids is 2. The molecule has 0 radical (unpaired) electrons. The third-order valence-electron chi connectivity index (χ3n) is 3.48. The number of aromatic nitrogens is 2. The van der Waals surface area contributed by atoms with Crippen molar-refractivity contribution in [1.82, 2.24) is 20.8 Å². The summed E-state index contributed by atoms with van der Waals surface area (Å²) < 4.78 is 0. The highest BCUT2D eigenvalue weighted by Crippen LogP contribution is 2.17. The van der Waals surface area contributed by atoms with E-state index in [1.54, 1.807) is 13.0 Å². The predicted molar refractivity (Wildman–Crippen MR) is 88.3 cm³/mol. The zero-order valence-corrected chi connectivity index (χ0v) is 13.0. The van der Waals surface area contributed by atoms with E-state index in [1.807, 2.05) is 24.3 Å². The summed E-state index contributed by atoms with van der Waals surface area (Å²) in [5, 5.41) is 9.70. The van der Waals surface area contributed by atoms with Gasteiger partial charge in [0.2, 0.25) is 5.91 Å². The second-order valence-electron chi connectivity index (χ2n) is 5.40. The lowest BCUT2D eigenvalue weighted by Gasteiger charge is -2.08. The number of para-hydroxylation sites is 2. The Morgan fingerprint density at radius 1 is 1.17 bits per heavy atom. The number of nitrogens with one attached hydrogen (secondary N) is 3. The molecule has 7 heteroatoms. The van der Waals surface area contributed by atoms with Gasteiger partial charge in [0.25, 0.3) is 5.91 Å². The molecule has 1 heterocycles. The summed E-state index contributed by atoms with van der Waals surface area (Å²) in [6, 6.07) is 12.1. The molecule has 4 N–H and O–H groups in total. The van der Waals surface area contributed by atoms with Crippen LogP contribution in [0.15, 0.2) is 42.5 Å². The number of imidazole rings is 1. The van der Waals surface area contributed by atoms with Gasteiger partial charge in [-0.1, -0.05) is 23.8 Å². The minimum absolute atomic E-state index is 0.00520. The molecule has 0 saturated carbocycles. The topological polar surface area (TPSA) is 107 Å². The third kappa shape index (κ3) is 3.35. The Balaban J connectivity index is 1.61. The van der Waals surface area contributed by atoms with Crippen molar-refractivity contribution in [2.24, 2.45) is 0 Å². The number of hydrogen-bond donors (Lipinski definition) is 4. The van der Waals surface area contributed by atoms with Crippen LogP contribution in [-0.2, 0) is 11.2 Å². The van der Waals surface area contributed by atoms with Crippen LogP contribution in [0.5, 0.6) is 5.75 Å². The van der Waals surface area contributed by atoms with Gasteiger partial charge in [-0.2, -0.15) is 0 Å². The maximum absolute atomic E-state index is 12.0. The quantitative estimate of drug-likeness (QED) is 0.549. The Morgan fingerprint density at radius 2 is 1.96 bits per heavy atom. The molecule has 3 aromatic rings. The molecular formula is C17H16N4O3. The van der Waals surface area contributed by atoms with E-state index >= 15 is 0 Å². The number of benzene rings is 2. The second-order valence-corrected chi connectivity index (χ2v) is 5.40. The van der Waals surface area contributed by atoms with Crippen molar-refractivity contribution in [3.63, 3.8) is 0 Å². The lowest BCUT2D eigenvalue weighted by atomic mass is 10.1. The van der Waals surface area contributed by atoms with Gasteiger partial charge in [-0.05, 0) is 31.2 Å². The Labute approximate surface area is 137 Å². The van der Waals surface area contributed by atoms with Gasteiger partial charge in [0, 0.05) is 0 Å². The first kappa shape index (κ1) is 15.5. The molecule has 0 fully saturated rings. The van der Waals surface area contributed by atoms with Gasteiger partial charge in [0.15, 0.2) is 0 Å². The average Bonchev–Trinajstić information content (AvgIpc) is 2.97. The van der Waals surface area contributed by atoms with Crippen molar-refractivity contribution < 1.29 is 14.7 Å². The van der Waals surface area contributed by atoms with Gasteiger partial charge in [0.1, 0.15) is 11.6 Å². The number of fused-ring (bicyclic) bond motifs is 1. The maximum atomic E-state index is 12.0. The van der Waals surface area contributed by atoms with Crippen LogP contribution in [-0.4, -0.2) is 26.9 Å². The standard InChI is InChI=1S/C17H16N4O3/c1-10-6-7-14(22)11(8-10)17(24)21-20-16(23)9-15-18-12-4-2-3-5-13(12)19-15/h2-8,22H,9H2,1H3,(H,18,19)(H,20,23)(H,21,24). The maximum Gasteiger partial charge on any atom is 0.273 e. The van der Waals surface area contributed by atoms with Crippen LogP contribution in [0.3, 0.4) is 0 Å². The van der Waals surface area contributed by atoms with Crippen LogP contribution in [0.4, 0.5) is 0 Å². The SMILES string of the molecule is Cc1ccc(O)c(C(=O)NNC(=O)Cc2nc3ccccc3[nH]2)c1. The highest BCUT2D eigenvalue weighted by molar-refractivity contribution is 5.98. The summed E-state index contributed by atoms with van der Waals surface area (Å²) in [6.07, 6.45) is -0.00520. The Hall–Kier alpha value is -3.35. The highest BCUT2D eigenvalue weighted by atomic mass is 16.3. The number of H-pyrrole nitrogens is 1. The molecule has 0 unspecified atom stereocenters. The van der Waals surface area contributed by atoms with Crippen LogP contribution in [0.2, 0.25) is 0 Å². The number of hydrogen-bond acceptors (Lipinski definition) is 4. The smallest absolute Gasteiger partial charge is 0.273 e. The first-order valence-corrected chi connectivity index (χ1v) is 7.35. The molecule has 0 aliphatic carbocycles. The monoisotopic (exact) mass is 324 g/mol. The first-order chi connectivity index (χ1) is 11.5. The Bertz CT molecular complexity index is 884. The number of hydrazine groups is 1. The summed E-state index contributed by atoms with van der Waals surface area (Å²) >= 11 is 0. The molecule has 24 heavy (non-hydrogen) atoms. The van der Waals surface area contributed by atoms with Crippen LogP contribution in [0.25, 0.3) is 11.0 Å². The number of phenols is 1. The van der Waals surface area contributed by atoms with E-state index in [0.717, 1.165) is 16.6 Å².